The van der Waals surface area contributed by atoms with E-state index in [0.29, 0.717) is 5.69 Å². The number of thiophene rings is 1. The second-order valence-corrected chi connectivity index (χ2v) is 5.98. The van der Waals surface area contributed by atoms with Crippen LogP contribution in [0.5, 0.6) is 0 Å². The number of anilines is 2. The molecular formula is C14H16F2N2S. The van der Waals surface area contributed by atoms with Crippen LogP contribution in [0.25, 0.3) is 0 Å². The fraction of sp³-hybridized carbons (Fsp3) is 0.286. The maximum Gasteiger partial charge on any atom is 0.151 e. The van der Waals surface area contributed by atoms with E-state index in [2.05, 4.69) is 17.4 Å². The standard InChI is InChI=1S/C14H16F2N2S/c1-8(5-11-4-3-9(2)19-11)18-13-7-10(15)6-12(16)14(13)17/h3-4,6-8,18H,5,17H2,1-2H3. The Bertz CT molecular complexity index is 581. The fourth-order valence-corrected chi connectivity index (χ4v) is 2.94. The second-order valence-electron chi connectivity index (χ2n) is 4.61. The zero-order valence-electron chi connectivity index (χ0n) is 10.8. The highest BCUT2D eigenvalue weighted by Gasteiger charge is 2.11. The first-order valence-electron chi connectivity index (χ1n) is 6.02. The van der Waals surface area contributed by atoms with Crippen LogP contribution in [0, 0.1) is 18.6 Å². The highest BCUT2D eigenvalue weighted by molar-refractivity contribution is 7.11. The molecule has 2 rings (SSSR count). The normalized spacial score (nSPS) is 12.4. The van der Waals surface area contributed by atoms with Crippen LogP contribution in [0.3, 0.4) is 0 Å². The maximum absolute atomic E-state index is 13.3. The Morgan fingerprint density at radius 3 is 2.68 bits per heavy atom. The zero-order valence-corrected chi connectivity index (χ0v) is 11.7. The maximum atomic E-state index is 13.3. The van der Waals surface area contributed by atoms with Gasteiger partial charge >= 0.3 is 0 Å². The summed E-state index contributed by atoms with van der Waals surface area (Å²) in [6.07, 6.45) is 0.788. The summed E-state index contributed by atoms with van der Waals surface area (Å²) in [5, 5.41) is 3.05. The predicted octanol–water partition coefficient (Wildman–Crippen LogP) is 3.96. The van der Waals surface area contributed by atoms with Gasteiger partial charge in [0, 0.05) is 28.3 Å². The van der Waals surface area contributed by atoms with E-state index in [1.54, 1.807) is 11.3 Å². The Morgan fingerprint density at radius 1 is 1.32 bits per heavy atom. The Hall–Kier alpha value is -1.62. The molecule has 0 saturated heterocycles. The molecule has 0 aliphatic rings. The smallest absolute Gasteiger partial charge is 0.151 e. The number of hydrogen-bond donors (Lipinski definition) is 2. The molecule has 3 N–H and O–H groups in total. The molecule has 0 saturated carbocycles. The van der Waals surface area contributed by atoms with Gasteiger partial charge in [-0.25, -0.2) is 8.78 Å². The highest BCUT2D eigenvalue weighted by Crippen LogP contribution is 2.25. The molecule has 1 heterocycles. The van der Waals surface area contributed by atoms with Gasteiger partial charge in [0.15, 0.2) is 5.82 Å². The van der Waals surface area contributed by atoms with Crippen LogP contribution in [-0.2, 0) is 6.42 Å². The minimum Gasteiger partial charge on any atom is -0.395 e. The summed E-state index contributed by atoms with van der Waals surface area (Å²) in [7, 11) is 0. The number of nitrogens with one attached hydrogen (secondary N) is 1. The van der Waals surface area contributed by atoms with Gasteiger partial charge in [-0.3, -0.25) is 0 Å². The number of hydrogen-bond acceptors (Lipinski definition) is 3. The van der Waals surface area contributed by atoms with Crippen molar-refractivity contribution < 1.29 is 8.78 Å². The second kappa shape index (κ2) is 5.57. The predicted molar refractivity (Wildman–Crippen MR) is 76.6 cm³/mol. The molecule has 5 heteroatoms. The molecule has 102 valence electrons. The van der Waals surface area contributed by atoms with Gasteiger partial charge in [0.1, 0.15) is 5.82 Å². The summed E-state index contributed by atoms with van der Waals surface area (Å²) >= 11 is 1.72. The van der Waals surface area contributed by atoms with Crippen molar-refractivity contribution in [3.63, 3.8) is 0 Å². The van der Waals surface area contributed by atoms with Crippen molar-refractivity contribution in [1.29, 1.82) is 0 Å². The van der Waals surface area contributed by atoms with Gasteiger partial charge in [-0.15, -0.1) is 11.3 Å². The van der Waals surface area contributed by atoms with Gasteiger partial charge in [0.2, 0.25) is 0 Å². The first kappa shape index (κ1) is 13.8. The van der Waals surface area contributed by atoms with Crippen LogP contribution >= 0.6 is 11.3 Å². The molecule has 1 unspecified atom stereocenters. The fourth-order valence-electron chi connectivity index (χ4n) is 1.92. The topological polar surface area (TPSA) is 38.0 Å². The van der Waals surface area contributed by atoms with Gasteiger partial charge in [-0.1, -0.05) is 0 Å². The molecule has 0 radical (unpaired) electrons. The molecule has 0 aliphatic carbocycles. The van der Waals surface area contributed by atoms with Crippen LogP contribution < -0.4 is 11.1 Å². The number of halogens is 2. The molecule has 2 aromatic rings. The van der Waals surface area contributed by atoms with Crippen molar-refractivity contribution in [1.82, 2.24) is 0 Å². The number of rotatable bonds is 4. The van der Waals surface area contributed by atoms with E-state index in [1.807, 2.05) is 13.8 Å². The molecule has 0 amide bonds. The third-order valence-corrected chi connectivity index (χ3v) is 3.82. The van der Waals surface area contributed by atoms with Crippen molar-refractivity contribution in [2.75, 3.05) is 11.1 Å². The van der Waals surface area contributed by atoms with Crippen LogP contribution in [-0.4, -0.2) is 6.04 Å². The Kier molecular flexibility index (Phi) is 4.04. The lowest BCUT2D eigenvalue weighted by molar-refractivity contribution is 0.586. The van der Waals surface area contributed by atoms with Gasteiger partial charge in [-0.05, 0) is 32.0 Å². The van der Waals surface area contributed by atoms with Crippen LogP contribution in [0.1, 0.15) is 16.7 Å². The first-order chi connectivity index (χ1) is 8.95. The van der Waals surface area contributed by atoms with Crippen molar-refractivity contribution in [2.45, 2.75) is 26.3 Å². The minimum atomic E-state index is -0.735. The van der Waals surface area contributed by atoms with E-state index in [1.165, 1.54) is 15.8 Å². The first-order valence-corrected chi connectivity index (χ1v) is 6.83. The van der Waals surface area contributed by atoms with E-state index in [-0.39, 0.29) is 11.7 Å². The van der Waals surface area contributed by atoms with E-state index in [0.717, 1.165) is 12.5 Å². The van der Waals surface area contributed by atoms with E-state index < -0.39 is 11.6 Å². The third kappa shape index (κ3) is 3.44. The number of nitrogen functional groups attached to an aromatic ring is 1. The summed E-state index contributed by atoms with van der Waals surface area (Å²) in [4.78, 5) is 2.48. The monoisotopic (exact) mass is 282 g/mol. The summed E-state index contributed by atoms with van der Waals surface area (Å²) in [6.45, 7) is 4.00. The minimum absolute atomic E-state index is 0.0431. The van der Waals surface area contributed by atoms with Gasteiger partial charge < -0.3 is 11.1 Å². The summed E-state index contributed by atoms with van der Waals surface area (Å²) in [5.41, 5.74) is 5.85. The quantitative estimate of drug-likeness (QED) is 0.833. The van der Waals surface area contributed by atoms with Crippen molar-refractivity contribution in [3.8, 4) is 0 Å². The lowest BCUT2D eigenvalue weighted by atomic mass is 10.1. The van der Waals surface area contributed by atoms with Crippen molar-refractivity contribution >= 4 is 22.7 Å². The molecule has 0 bridgehead atoms. The van der Waals surface area contributed by atoms with Gasteiger partial charge in [0.05, 0.1) is 11.4 Å². The lowest BCUT2D eigenvalue weighted by Gasteiger charge is -2.16. The van der Waals surface area contributed by atoms with Crippen LogP contribution in [0.4, 0.5) is 20.2 Å². The Balaban J connectivity index is 2.08. The van der Waals surface area contributed by atoms with Crippen LogP contribution in [0.15, 0.2) is 24.3 Å². The number of nitrogens with two attached hydrogens (primary N) is 1. The largest absolute Gasteiger partial charge is 0.395 e. The molecule has 1 atom stereocenters. The molecule has 19 heavy (non-hydrogen) atoms. The van der Waals surface area contributed by atoms with Crippen molar-refractivity contribution in [3.05, 3.63) is 45.7 Å². The SMILES string of the molecule is Cc1ccc(CC(C)Nc2cc(F)cc(F)c2N)s1. The Labute approximate surface area is 115 Å². The Morgan fingerprint density at radius 2 is 2.05 bits per heavy atom. The molecule has 1 aromatic carbocycles. The number of benzene rings is 1. The van der Waals surface area contributed by atoms with E-state index >= 15 is 0 Å². The highest BCUT2D eigenvalue weighted by atomic mass is 32.1. The van der Waals surface area contributed by atoms with Crippen LogP contribution in [0.2, 0.25) is 0 Å². The summed E-state index contributed by atoms with van der Waals surface area (Å²) in [6, 6.07) is 6.17. The molecule has 2 nitrogen and oxygen atoms in total. The van der Waals surface area contributed by atoms with E-state index in [9.17, 15) is 8.78 Å². The van der Waals surface area contributed by atoms with Crippen molar-refractivity contribution in [2.24, 2.45) is 0 Å². The molecular weight excluding hydrogens is 266 g/mol. The molecule has 0 spiro atoms. The van der Waals surface area contributed by atoms with Gasteiger partial charge in [-0.2, -0.15) is 0 Å². The average Bonchev–Trinajstić information content (AvgIpc) is 2.70. The zero-order chi connectivity index (χ0) is 14.0. The molecule has 0 aliphatic heterocycles. The van der Waals surface area contributed by atoms with E-state index in [4.69, 9.17) is 5.73 Å². The molecule has 0 fully saturated rings. The summed E-state index contributed by atoms with van der Waals surface area (Å²) < 4.78 is 26.5. The molecule has 1 aromatic heterocycles. The van der Waals surface area contributed by atoms with Gasteiger partial charge in [0.25, 0.3) is 0 Å². The average molecular weight is 282 g/mol. The third-order valence-electron chi connectivity index (χ3n) is 2.80. The number of aryl methyl sites for hydroxylation is 1. The lowest BCUT2D eigenvalue weighted by Crippen LogP contribution is -2.19. The summed E-state index contributed by atoms with van der Waals surface area (Å²) in [5.74, 6) is -1.37.